The molecule has 0 saturated carbocycles. The van der Waals surface area contributed by atoms with Gasteiger partial charge < -0.3 is 4.90 Å². The van der Waals surface area contributed by atoms with Crippen LogP contribution in [0.4, 0.5) is 0 Å². The monoisotopic (exact) mass is 212 g/mol. The topological polar surface area (TPSA) is 16.1 Å². The number of rotatable bonds is 0. The fraction of sp³-hybridized carbons (Fsp3) is 0.615. The fourth-order valence-corrected chi connectivity index (χ4v) is 3.21. The van der Waals surface area contributed by atoms with E-state index < -0.39 is 0 Å². The zero-order valence-corrected chi connectivity index (χ0v) is 9.82. The Balaban J connectivity index is 1.91. The zero-order valence-electron chi connectivity index (χ0n) is 9.82. The van der Waals surface area contributed by atoms with E-state index in [-0.39, 0.29) is 5.82 Å². The van der Waals surface area contributed by atoms with Gasteiger partial charge >= 0.3 is 0 Å². The minimum atomic E-state index is 0.199. The van der Waals surface area contributed by atoms with E-state index in [2.05, 4.69) is 23.0 Å². The summed E-state index contributed by atoms with van der Waals surface area (Å²) >= 11 is 0. The highest BCUT2D eigenvalue weighted by Crippen LogP contribution is 2.50. The van der Waals surface area contributed by atoms with E-state index in [1.165, 1.54) is 37.2 Å². The van der Waals surface area contributed by atoms with E-state index in [9.17, 15) is 0 Å². The quantitative estimate of drug-likeness (QED) is 0.606. The molecule has 0 bridgehead atoms. The lowest BCUT2D eigenvalue weighted by atomic mass is 9.61. The van der Waals surface area contributed by atoms with Gasteiger partial charge in [-0.15, -0.1) is 0 Å². The van der Waals surface area contributed by atoms with Gasteiger partial charge in [-0.25, -0.2) is 0 Å². The van der Waals surface area contributed by atoms with Crippen molar-refractivity contribution in [3.63, 3.8) is 0 Å². The molecule has 1 saturated heterocycles. The number of aromatic nitrogens is 1. The number of piperidine rings is 1. The number of likely N-dealkylation sites (tertiary alicyclic amines) is 1. The largest absolute Gasteiger partial charge is 0.306 e. The molecule has 0 amide bonds. The summed E-state index contributed by atoms with van der Waals surface area (Å²) < 4.78 is 0. The van der Waals surface area contributed by atoms with Crippen LogP contribution >= 0.6 is 0 Å². The van der Waals surface area contributed by atoms with Crippen molar-refractivity contribution in [3.05, 3.63) is 29.6 Å². The third-order valence-corrected chi connectivity index (χ3v) is 4.42. The second-order valence-electron chi connectivity index (χ2n) is 5.36. The standard InChI is InChI=1S/C13H17BN2/c1-16-7-4-13(5-8-16)9-11-10(12(13)14)3-2-6-15-11/h2-3,6,12H,4-5,7-9H2,1H3/t12-/m1/s1. The van der Waals surface area contributed by atoms with Gasteiger partial charge in [-0.1, -0.05) is 6.07 Å². The Kier molecular flexibility index (Phi) is 2.32. The van der Waals surface area contributed by atoms with Gasteiger partial charge in [0.25, 0.3) is 0 Å². The summed E-state index contributed by atoms with van der Waals surface area (Å²) in [6, 6.07) is 4.16. The molecule has 1 spiro atoms. The molecule has 1 atom stereocenters. The summed E-state index contributed by atoms with van der Waals surface area (Å²) in [5.41, 5.74) is 2.81. The van der Waals surface area contributed by atoms with Crippen LogP contribution in [0.5, 0.6) is 0 Å². The van der Waals surface area contributed by atoms with Gasteiger partial charge in [0, 0.05) is 11.9 Å². The van der Waals surface area contributed by atoms with Crippen molar-refractivity contribution in [2.75, 3.05) is 20.1 Å². The van der Waals surface area contributed by atoms with Crippen LogP contribution in [0.2, 0.25) is 0 Å². The van der Waals surface area contributed by atoms with Crippen LogP contribution in [-0.4, -0.2) is 37.9 Å². The van der Waals surface area contributed by atoms with E-state index in [1.54, 1.807) is 0 Å². The maximum atomic E-state index is 6.44. The molecule has 1 aromatic rings. The number of fused-ring (bicyclic) bond motifs is 1. The molecular formula is C13H17BN2. The highest BCUT2D eigenvalue weighted by Gasteiger charge is 2.44. The summed E-state index contributed by atoms with van der Waals surface area (Å²) in [6.07, 6.45) is 5.39. The van der Waals surface area contributed by atoms with Gasteiger partial charge in [-0.05, 0) is 62.3 Å². The van der Waals surface area contributed by atoms with Crippen molar-refractivity contribution in [1.29, 1.82) is 0 Å². The normalized spacial score (nSPS) is 28.2. The number of hydrogen-bond donors (Lipinski definition) is 0. The summed E-state index contributed by atoms with van der Waals surface area (Å²) in [7, 11) is 8.64. The molecule has 3 heteroatoms. The first-order chi connectivity index (χ1) is 7.71. The maximum Gasteiger partial charge on any atom is 0.0772 e. The molecule has 1 aliphatic heterocycles. The van der Waals surface area contributed by atoms with E-state index in [4.69, 9.17) is 7.85 Å². The average Bonchev–Trinajstić information content (AvgIpc) is 2.58. The molecule has 0 N–H and O–H groups in total. The van der Waals surface area contributed by atoms with Crippen LogP contribution in [0.3, 0.4) is 0 Å². The molecule has 82 valence electrons. The zero-order chi connectivity index (χ0) is 11.2. The minimum absolute atomic E-state index is 0.199. The third kappa shape index (κ3) is 1.41. The highest BCUT2D eigenvalue weighted by atomic mass is 15.1. The molecule has 0 aromatic carbocycles. The van der Waals surface area contributed by atoms with Gasteiger partial charge in [0.05, 0.1) is 7.85 Å². The Morgan fingerprint density at radius 3 is 2.88 bits per heavy atom. The number of nitrogens with zero attached hydrogens (tertiary/aromatic N) is 2. The molecular weight excluding hydrogens is 195 g/mol. The molecule has 3 rings (SSSR count). The first-order valence-corrected chi connectivity index (χ1v) is 6.09. The average molecular weight is 212 g/mol. The van der Waals surface area contributed by atoms with Crippen molar-refractivity contribution in [2.45, 2.75) is 25.1 Å². The van der Waals surface area contributed by atoms with Crippen LogP contribution in [0.1, 0.15) is 29.9 Å². The van der Waals surface area contributed by atoms with Gasteiger partial charge in [0.15, 0.2) is 0 Å². The summed E-state index contributed by atoms with van der Waals surface area (Å²) in [5, 5.41) is 0. The maximum absolute atomic E-state index is 6.44. The van der Waals surface area contributed by atoms with Gasteiger partial charge in [0.1, 0.15) is 0 Å². The summed E-state index contributed by atoms with van der Waals surface area (Å²) in [6.45, 7) is 2.34. The van der Waals surface area contributed by atoms with Crippen LogP contribution in [0, 0.1) is 5.41 Å². The molecule has 1 fully saturated rings. The first kappa shape index (κ1) is 10.3. The van der Waals surface area contributed by atoms with Crippen LogP contribution in [0.25, 0.3) is 0 Å². The molecule has 0 unspecified atom stereocenters. The van der Waals surface area contributed by atoms with Crippen LogP contribution < -0.4 is 0 Å². The van der Waals surface area contributed by atoms with E-state index in [1.807, 2.05) is 12.3 Å². The minimum Gasteiger partial charge on any atom is -0.306 e. The van der Waals surface area contributed by atoms with Crippen molar-refractivity contribution in [1.82, 2.24) is 9.88 Å². The predicted molar refractivity (Wildman–Crippen MR) is 65.6 cm³/mol. The second-order valence-corrected chi connectivity index (χ2v) is 5.36. The van der Waals surface area contributed by atoms with Crippen molar-refractivity contribution >= 4 is 7.85 Å². The van der Waals surface area contributed by atoms with Crippen molar-refractivity contribution in [2.24, 2.45) is 5.41 Å². The highest BCUT2D eigenvalue weighted by molar-refractivity contribution is 6.13. The predicted octanol–water partition coefficient (Wildman–Crippen LogP) is 1.56. The Morgan fingerprint density at radius 1 is 1.44 bits per heavy atom. The van der Waals surface area contributed by atoms with E-state index in [0.29, 0.717) is 5.41 Å². The Bertz CT molecular complexity index is 397. The molecule has 16 heavy (non-hydrogen) atoms. The summed E-state index contributed by atoms with van der Waals surface area (Å²) in [4.78, 5) is 6.88. The van der Waals surface area contributed by atoms with E-state index in [0.717, 1.165) is 6.42 Å². The van der Waals surface area contributed by atoms with Crippen LogP contribution in [-0.2, 0) is 6.42 Å². The molecule has 2 aliphatic rings. The second kappa shape index (κ2) is 3.59. The Morgan fingerprint density at radius 2 is 2.19 bits per heavy atom. The lowest BCUT2D eigenvalue weighted by Crippen LogP contribution is -2.40. The number of hydrogen-bond acceptors (Lipinski definition) is 2. The van der Waals surface area contributed by atoms with Crippen molar-refractivity contribution in [3.8, 4) is 0 Å². The molecule has 1 aliphatic carbocycles. The molecule has 1 aromatic heterocycles. The van der Waals surface area contributed by atoms with Crippen LogP contribution in [0.15, 0.2) is 18.3 Å². The summed E-state index contributed by atoms with van der Waals surface area (Å²) in [5.74, 6) is 0.199. The Labute approximate surface area is 98.5 Å². The molecule has 2 heterocycles. The fourth-order valence-electron chi connectivity index (χ4n) is 3.21. The first-order valence-electron chi connectivity index (χ1n) is 6.09. The van der Waals surface area contributed by atoms with Gasteiger partial charge in [-0.2, -0.15) is 0 Å². The number of pyridine rings is 1. The SMILES string of the molecule is [B][C@@H]1c2cccnc2CC12CCN(C)CC2. The lowest BCUT2D eigenvalue weighted by molar-refractivity contribution is 0.126. The smallest absolute Gasteiger partial charge is 0.0772 e. The Hall–Kier alpha value is -0.825. The van der Waals surface area contributed by atoms with Gasteiger partial charge in [-0.3, -0.25) is 4.98 Å². The third-order valence-electron chi connectivity index (χ3n) is 4.42. The van der Waals surface area contributed by atoms with E-state index >= 15 is 0 Å². The molecule has 2 nitrogen and oxygen atoms in total. The van der Waals surface area contributed by atoms with Crippen molar-refractivity contribution < 1.29 is 0 Å². The molecule has 2 radical (unpaired) electrons. The van der Waals surface area contributed by atoms with Gasteiger partial charge in [0.2, 0.25) is 0 Å². The lowest BCUT2D eigenvalue weighted by Gasteiger charge is -2.41.